The molecule has 0 saturated carbocycles. The molecule has 0 saturated heterocycles. The van der Waals surface area contributed by atoms with E-state index in [1.807, 2.05) is 6.92 Å². The number of phenolic OH excluding ortho intramolecular Hbond substituents is 1. The quantitative estimate of drug-likeness (QED) is 0.738. The lowest BCUT2D eigenvalue weighted by molar-refractivity contribution is 0.377. The lowest BCUT2D eigenvalue weighted by atomic mass is 10.1. The van der Waals surface area contributed by atoms with Gasteiger partial charge in [-0.2, -0.15) is 4.39 Å². The number of rotatable bonds is 2. The van der Waals surface area contributed by atoms with Crippen LogP contribution in [-0.2, 0) is 6.54 Å². The van der Waals surface area contributed by atoms with Crippen LogP contribution in [0.5, 0.6) is 5.75 Å². The minimum Gasteiger partial charge on any atom is -0.503 e. The Labute approximate surface area is 117 Å². The molecule has 0 unspecified atom stereocenters. The minimum atomic E-state index is -1.61. The number of imidazole rings is 1. The summed E-state index contributed by atoms with van der Waals surface area (Å²) in [7, 11) is 0. The van der Waals surface area contributed by atoms with Crippen molar-refractivity contribution in [2.24, 2.45) is 0 Å². The number of aromatic hydroxyl groups is 1. The summed E-state index contributed by atoms with van der Waals surface area (Å²) in [5.74, 6) is -5.44. The zero-order chi connectivity index (χ0) is 15.1. The fourth-order valence-corrected chi connectivity index (χ4v) is 2.26. The number of pyridine rings is 1. The number of halogens is 3. The number of benzene rings is 1. The molecule has 3 aromatic rings. The highest BCUT2D eigenvalue weighted by Gasteiger charge is 2.22. The number of hydrogen-bond donors (Lipinski definition) is 1. The lowest BCUT2D eigenvalue weighted by Gasteiger charge is -2.09. The van der Waals surface area contributed by atoms with Crippen molar-refractivity contribution < 1.29 is 18.3 Å². The second kappa shape index (κ2) is 4.76. The molecular weight excluding hydrogens is 283 g/mol. The minimum absolute atomic E-state index is 0.104. The number of hydrogen-bond acceptors (Lipinski definition) is 3. The van der Waals surface area contributed by atoms with Gasteiger partial charge >= 0.3 is 0 Å². The van der Waals surface area contributed by atoms with Crippen molar-refractivity contribution in [1.82, 2.24) is 14.5 Å². The van der Waals surface area contributed by atoms with Gasteiger partial charge in [0.2, 0.25) is 5.82 Å². The SMILES string of the molecule is CCn1c(-c2cc(F)c(F)c(O)c2F)nc2cnccc21. The van der Waals surface area contributed by atoms with Crippen LogP contribution in [0.3, 0.4) is 0 Å². The first kappa shape index (κ1) is 13.4. The molecule has 0 radical (unpaired) electrons. The molecule has 4 nitrogen and oxygen atoms in total. The lowest BCUT2D eigenvalue weighted by Crippen LogP contribution is -2.01. The van der Waals surface area contributed by atoms with Gasteiger partial charge in [-0.25, -0.2) is 13.8 Å². The maximum Gasteiger partial charge on any atom is 0.203 e. The summed E-state index contributed by atoms with van der Waals surface area (Å²) >= 11 is 0. The fraction of sp³-hybridized carbons (Fsp3) is 0.143. The van der Waals surface area contributed by atoms with Crippen LogP contribution in [0.2, 0.25) is 0 Å². The molecule has 2 aromatic heterocycles. The highest BCUT2D eigenvalue weighted by molar-refractivity contribution is 5.80. The van der Waals surface area contributed by atoms with Gasteiger partial charge in [-0.1, -0.05) is 0 Å². The van der Waals surface area contributed by atoms with E-state index >= 15 is 0 Å². The van der Waals surface area contributed by atoms with E-state index in [0.717, 1.165) is 0 Å². The van der Waals surface area contributed by atoms with Crippen molar-refractivity contribution in [3.05, 3.63) is 42.0 Å². The van der Waals surface area contributed by atoms with Gasteiger partial charge in [-0.3, -0.25) is 4.98 Å². The van der Waals surface area contributed by atoms with Gasteiger partial charge in [0.1, 0.15) is 11.3 Å². The van der Waals surface area contributed by atoms with E-state index in [1.54, 1.807) is 16.8 Å². The molecule has 0 aliphatic carbocycles. The van der Waals surface area contributed by atoms with Crippen LogP contribution in [-0.4, -0.2) is 19.6 Å². The number of nitrogens with zero attached hydrogens (tertiary/aromatic N) is 3. The van der Waals surface area contributed by atoms with Crippen LogP contribution in [0.1, 0.15) is 6.92 Å². The first-order valence-corrected chi connectivity index (χ1v) is 6.21. The van der Waals surface area contributed by atoms with Crippen molar-refractivity contribution in [2.45, 2.75) is 13.5 Å². The molecule has 1 N–H and O–H groups in total. The standard InChI is InChI=1S/C14H10F3N3O/c1-2-20-10-3-4-18-6-9(10)19-14(20)7-5-8(15)12(17)13(21)11(7)16/h3-6,21H,2H2,1H3. The third-order valence-electron chi connectivity index (χ3n) is 3.24. The number of fused-ring (bicyclic) bond motifs is 1. The van der Waals surface area contributed by atoms with Crippen LogP contribution in [0.4, 0.5) is 13.2 Å². The zero-order valence-corrected chi connectivity index (χ0v) is 10.9. The third-order valence-corrected chi connectivity index (χ3v) is 3.24. The first-order valence-electron chi connectivity index (χ1n) is 6.21. The predicted molar refractivity (Wildman–Crippen MR) is 70.2 cm³/mol. The van der Waals surface area contributed by atoms with Crippen molar-refractivity contribution in [2.75, 3.05) is 0 Å². The molecule has 0 atom stereocenters. The van der Waals surface area contributed by atoms with Crippen molar-refractivity contribution in [3.8, 4) is 17.1 Å². The fourth-order valence-electron chi connectivity index (χ4n) is 2.26. The Balaban J connectivity index is 2.35. The summed E-state index contributed by atoms with van der Waals surface area (Å²) in [6.07, 6.45) is 3.04. The van der Waals surface area contributed by atoms with Gasteiger partial charge in [0.25, 0.3) is 0 Å². The first-order chi connectivity index (χ1) is 10.0. The molecule has 0 bridgehead atoms. The highest BCUT2D eigenvalue weighted by Crippen LogP contribution is 2.33. The maximum absolute atomic E-state index is 14.0. The molecule has 3 rings (SSSR count). The molecule has 0 spiro atoms. The van der Waals surface area contributed by atoms with Gasteiger partial charge in [-0.05, 0) is 19.1 Å². The summed E-state index contributed by atoms with van der Waals surface area (Å²) < 4.78 is 42.3. The van der Waals surface area contributed by atoms with Crippen LogP contribution in [0, 0.1) is 17.5 Å². The summed E-state index contributed by atoms with van der Waals surface area (Å²) in [6, 6.07) is 2.37. The Bertz CT molecular complexity index is 845. The summed E-state index contributed by atoms with van der Waals surface area (Å²) in [5, 5.41) is 9.33. The predicted octanol–water partition coefficient (Wildman–Crippen LogP) is 3.24. The zero-order valence-electron chi connectivity index (χ0n) is 10.9. The summed E-state index contributed by atoms with van der Waals surface area (Å²) in [6.45, 7) is 2.25. The average Bonchev–Trinajstić information content (AvgIpc) is 2.87. The van der Waals surface area contributed by atoms with Gasteiger partial charge in [-0.15, -0.1) is 0 Å². The van der Waals surface area contributed by atoms with Gasteiger partial charge in [0.15, 0.2) is 17.4 Å². The molecule has 0 aliphatic rings. The normalized spacial score (nSPS) is 11.2. The largest absolute Gasteiger partial charge is 0.503 e. The molecule has 0 fully saturated rings. The molecule has 2 heterocycles. The van der Waals surface area contributed by atoms with Crippen LogP contribution in [0.15, 0.2) is 24.5 Å². The Morgan fingerprint density at radius 1 is 1.24 bits per heavy atom. The number of phenols is 1. The van der Waals surface area contributed by atoms with Crippen molar-refractivity contribution >= 4 is 11.0 Å². The van der Waals surface area contributed by atoms with Crippen molar-refractivity contribution in [3.63, 3.8) is 0 Å². The number of aromatic nitrogens is 3. The van der Waals surface area contributed by atoms with E-state index < -0.39 is 23.2 Å². The molecule has 0 aliphatic heterocycles. The molecule has 1 aromatic carbocycles. The molecule has 0 amide bonds. The second-order valence-electron chi connectivity index (χ2n) is 4.43. The average molecular weight is 293 g/mol. The maximum atomic E-state index is 14.0. The highest BCUT2D eigenvalue weighted by atomic mass is 19.2. The van der Waals surface area contributed by atoms with Crippen molar-refractivity contribution in [1.29, 1.82) is 0 Å². The van der Waals surface area contributed by atoms with E-state index in [-0.39, 0.29) is 11.4 Å². The topological polar surface area (TPSA) is 50.9 Å². The third kappa shape index (κ3) is 1.93. The van der Waals surface area contributed by atoms with E-state index in [2.05, 4.69) is 9.97 Å². The van der Waals surface area contributed by atoms with Crippen LogP contribution >= 0.6 is 0 Å². The van der Waals surface area contributed by atoms with E-state index in [0.29, 0.717) is 23.6 Å². The van der Waals surface area contributed by atoms with Gasteiger partial charge < -0.3 is 9.67 Å². The van der Waals surface area contributed by atoms with Gasteiger partial charge in [0, 0.05) is 12.7 Å². The Hall–Kier alpha value is -2.57. The van der Waals surface area contributed by atoms with E-state index in [4.69, 9.17) is 0 Å². The van der Waals surface area contributed by atoms with E-state index in [9.17, 15) is 18.3 Å². The van der Waals surface area contributed by atoms with Gasteiger partial charge in [0.05, 0.1) is 17.3 Å². The van der Waals surface area contributed by atoms with Crippen LogP contribution < -0.4 is 0 Å². The Morgan fingerprint density at radius 2 is 2.00 bits per heavy atom. The Kier molecular flexibility index (Phi) is 3.04. The van der Waals surface area contributed by atoms with E-state index in [1.165, 1.54) is 6.20 Å². The van der Waals surface area contributed by atoms with Crippen LogP contribution in [0.25, 0.3) is 22.4 Å². The second-order valence-corrected chi connectivity index (χ2v) is 4.43. The molecule has 108 valence electrons. The molecule has 7 heteroatoms. The Morgan fingerprint density at radius 3 is 2.71 bits per heavy atom. The number of aryl methyl sites for hydroxylation is 1. The molecular formula is C14H10F3N3O. The monoisotopic (exact) mass is 293 g/mol. The summed E-state index contributed by atoms with van der Waals surface area (Å²) in [5.41, 5.74) is 0.883. The smallest absolute Gasteiger partial charge is 0.203 e. The summed E-state index contributed by atoms with van der Waals surface area (Å²) in [4.78, 5) is 8.10. The molecule has 21 heavy (non-hydrogen) atoms.